The Bertz CT molecular complexity index is 318. The summed E-state index contributed by atoms with van der Waals surface area (Å²) in [4.78, 5) is 26.7. The van der Waals surface area contributed by atoms with E-state index in [-0.39, 0.29) is 17.5 Å². The van der Waals surface area contributed by atoms with Crippen LogP contribution in [-0.4, -0.2) is 67.2 Å². The molecule has 0 atom stereocenters. The number of hydrogen-bond acceptors (Lipinski definition) is 4. The van der Waals surface area contributed by atoms with Gasteiger partial charge >= 0.3 is 6.09 Å². The van der Waals surface area contributed by atoms with Gasteiger partial charge in [0.1, 0.15) is 0 Å². The highest BCUT2D eigenvalue weighted by atomic mass is 16.5. The van der Waals surface area contributed by atoms with Crippen molar-refractivity contribution in [1.29, 1.82) is 0 Å². The summed E-state index contributed by atoms with van der Waals surface area (Å²) in [6, 6.07) is 0. The number of carbonyl (C=O) groups excluding carboxylic acids is 2. The average Bonchev–Trinajstić information content (AvgIpc) is 2.36. The summed E-state index contributed by atoms with van der Waals surface area (Å²) < 4.78 is 4.66. The lowest BCUT2D eigenvalue weighted by molar-refractivity contribution is -0.132. The Morgan fingerprint density at radius 3 is 2.11 bits per heavy atom. The molecule has 1 saturated heterocycles. The van der Waals surface area contributed by atoms with E-state index < -0.39 is 0 Å². The molecule has 0 aromatic heterocycles. The Balaban J connectivity index is 2.27. The lowest BCUT2D eigenvalue weighted by atomic mass is 10.1. The van der Waals surface area contributed by atoms with Crippen LogP contribution < -0.4 is 5.32 Å². The van der Waals surface area contributed by atoms with Crippen LogP contribution in [-0.2, 0) is 9.53 Å². The quantitative estimate of drug-likeness (QED) is 0.820. The maximum Gasteiger partial charge on any atom is 0.409 e. The fourth-order valence-corrected chi connectivity index (χ4v) is 1.97. The predicted molar refractivity (Wildman–Crippen MR) is 72.9 cm³/mol. The van der Waals surface area contributed by atoms with E-state index in [1.165, 1.54) is 7.11 Å². The molecular weight excluding hydrogens is 246 g/mol. The second-order valence-electron chi connectivity index (χ2n) is 5.76. The molecule has 1 fully saturated rings. The summed E-state index contributed by atoms with van der Waals surface area (Å²) in [5.41, 5.74) is 0.0316. The number of nitrogens with zero attached hydrogens (tertiary/aromatic N) is 2. The van der Waals surface area contributed by atoms with Crippen LogP contribution >= 0.6 is 0 Å². The number of carbonyl (C=O) groups is 2. The van der Waals surface area contributed by atoms with Crippen LogP contribution in [0.4, 0.5) is 4.79 Å². The number of piperazine rings is 1. The zero-order chi connectivity index (χ0) is 14.5. The maximum absolute atomic E-state index is 12.0. The van der Waals surface area contributed by atoms with Gasteiger partial charge in [-0.1, -0.05) is 0 Å². The van der Waals surface area contributed by atoms with E-state index >= 15 is 0 Å². The number of hydrogen-bond donors (Lipinski definition) is 1. The highest BCUT2D eigenvalue weighted by molar-refractivity contribution is 5.77. The molecule has 0 spiro atoms. The maximum atomic E-state index is 12.0. The van der Waals surface area contributed by atoms with Crippen LogP contribution in [0.25, 0.3) is 0 Å². The smallest absolute Gasteiger partial charge is 0.409 e. The van der Waals surface area contributed by atoms with Gasteiger partial charge in [-0.15, -0.1) is 0 Å². The molecule has 6 nitrogen and oxygen atoms in total. The van der Waals surface area contributed by atoms with Crippen LogP contribution in [0.15, 0.2) is 0 Å². The van der Waals surface area contributed by atoms with E-state index in [1.54, 1.807) is 4.90 Å². The summed E-state index contributed by atoms with van der Waals surface area (Å²) in [6.45, 7) is 9.18. The summed E-state index contributed by atoms with van der Waals surface area (Å²) >= 11 is 0. The van der Waals surface area contributed by atoms with Crippen molar-refractivity contribution in [2.75, 3.05) is 39.8 Å². The van der Waals surface area contributed by atoms with Crippen LogP contribution in [0.2, 0.25) is 0 Å². The van der Waals surface area contributed by atoms with Gasteiger partial charge in [-0.05, 0) is 20.8 Å². The summed E-state index contributed by atoms with van der Waals surface area (Å²) in [6.07, 6.45) is 0.177. The zero-order valence-electron chi connectivity index (χ0n) is 12.4. The summed E-state index contributed by atoms with van der Waals surface area (Å²) in [5.74, 6) is 0.140. The molecule has 1 aliphatic heterocycles. The highest BCUT2D eigenvalue weighted by Crippen LogP contribution is 2.05. The molecule has 0 bridgehead atoms. The van der Waals surface area contributed by atoms with E-state index in [4.69, 9.17) is 0 Å². The number of rotatable bonds is 3. The van der Waals surface area contributed by atoms with Crippen molar-refractivity contribution in [2.24, 2.45) is 0 Å². The standard InChI is InChI=1S/C13H25N3O3/c1-13(2,3)14-6-5-11(17)15-7-9-16(10-8-15)12(18)19-4/h14H,5-10H2,1-4H3. The first-order chi connectivity index (χ1) is 8.83. The average molecular weight is 271 g/mol. The van der Waals surface area contributed by atoms with Gasteiger partial charge in [0.05, 0.1) is 7.11 Å². The topological polar surface area (TPSA) is 61.9 Å². The lowest BCUT2D eigenvalue weighted by Gasteiger charge is -2.34. The molecule has 2 amide bonds. The van der Waals surface area contributed by atoms with Gasteiger partial charge in [-0.25, -0.2) is 4.79 Å². The van der Waals surface area contributed by atoms with Gasteiger partial charge in [-0.3, -0.25) is 4.79 Å². The van der Waals surface area contributed by atoms with Gasteiger partial charge in [0.25, 0.3) is 0 Å². The lowest BCUT2D eigenvalue weighted by Crippen LogP contribution is -2.51. The van der Waals surface area contributed by atoms with Gasteiger partial charge in [-0.2, -0.15) is 0 Å². The van der Waals surface area contributed by atoms with Gasteiger partial charge in [0, 0.05) is 44.7 Å². The van der Waals surface area contributed by atoms with Crippen molar-refractivity contribution in [3.05, 3.63) is 0 Å². The Labute approximate surface area is 115 Å². The van der Waals surface area contributed by atoms with Gasteiger partial charge in [0.15, 0.2) is 0 Å². The van der Waals surface area contributed by atoms with Crippen molar-refractivity contribution < 1.29 is 14.3 Å². The van der Waals surface area contributed by atoms with Gasteiger partial charge < -0.3 is 19.9 Å². The fraction of sp³-hybridized carbons (Fsp3) is 0.846. The SMILES string of the molecule is COC(=O)N1CCN(C(=O)CCNC(C)(C)C)CC1. The molecule has 6 heteroatoms. The van der Waals surface area contributed by atoms with E-state index in [2.05, 4.69) is 30.8 Å². The fourth-order valence-electron chi connectivity index (χ4n) is 1.97. The normalized spacial score (nSPS) is 16.4. The molecule has 0 aromatic carbocycles. The number of amides is 2. The van der Waals surface area contributed by atoms with E-state index in [0.717, 1.165) is 0 Å². The van der Waals surface area contributed by atoms with Crippen molar-refractivity contribution in [1.82, 2.24) is 15.1 Å². The van der Waals surface area contributed by atoms with Crippen molar-refractivity contribution in [2.45, 2.75) is 32.7 Å². The first kappa shape index (κ1) is 15.8. The van der Waals surface area contributed by atoms with E-state index in [9.17, 15) is 9.59 Å². The molecule has 0 aromatic rings. The van der Waals surface area contributed by atoms with Crippen LogP contribution in [0.1, 0.15) is 27.2 Å². The largest absolute Gasteiger partial charge is 0.453 e. The Hall–Kier alpha value is -1.30. The molecule has 1 N–H and O–H groups in total. The molecular formula is C13H25N3O3. The molecule has 1 rings (SSSR count). The molecule has 110 valence electrons. The molecule has 1 heterocycles. The molecule has 0 saturated carbocycles. The Kier molecular flexibility index (Phi) is 5.60. The minimum Gasteiger partial charge on any atom is -0.453 e. The minimum atomic E-state index is -0.318. The minimum absolute atomic E-state index is 0.0316. The zero-order valence-corrected chi connectivity index (χ0v) is 12.4. The Morgan fingerprint density at radius 2 is 1.63 bits per heavy atom. The molecule has 19 heavy (non-hydrogen) atoms. The van der Waals surface area contributed by atoms with Crippen LogP contribution in [0, 0.1) is 0 Å². The van der Waals surface area contributed by atoms with Crippen LogP contribution in [0.3, 0.4) is 0 Å². The third kappa shape index (κ3) is 5.46. The Morgan fingerprint density at radius 1 is 1.11 bits per heavy atom. The molecule has 0 aliphatic carbocycles. The number of methoxy groups -OCH3 is 1. The van der Waals surface area contributed by atoms with Gasteiger partial charge in [0.2, 0.25) is 5.91 Å². The predicted octanol–water partition coefficient (Wildman–Crippen LogP) is 0.675. The molecule has 0 radical (unpaired) electrons. The highest BCUT2D eigenvalue weighted by Gasteiger charge is 2.24. The number of ether oxygens (including phenoxy) is 1. The second kappa shape index (κ2) is 6.75. The first-order valence-electron chi connectivity index (χ1n) is 6.69. The monoisotopic (exact) mass is 271 g/mol. The van der Waals surface area contributed by atoms with Crippen molar-refractivity contribution in [3.8, 4) is 0 Å². The third-order valence-electron chi connectivity index (χ3n) is 3.06. The first-order valence-corrected chi connectivity index (χ1v) is 6.69. The van der Waals surface area contributed by atoms with Crippen molar-refractivity contribution >= 4 is 12.0 Å². The van der Waals surface area contributed by atoms with E-state index in [1.807, 2.05) is 4.90 Å². The summed E-state index contributed by atoms with van der Waals surface area (Å²) in [5, 5.41) is 3.30. The third-order valence-corrected chi connectivity index (χ3v) is 3.06. The number of nitrogens with one attached hydrogen (secondary N) is 1. The summed E-state index contributed by atoms with van der Waals surface area (Å²) in [7, 11) is 1.37. The molecule has 1 aliphatic rings. The second-order valence-corrected chi connectivity index (χ2v) is 5.76. The van der Waals surface area contributed by atoms with Crippen molar-refractivity contribution in [3.63, 3.8) is 0 Å². The van der Waals surface area contributed by atoms with E-state index in [0.29, 0.717) is 39.1 Å². The molecule has 0 unspecified atom stereocenters. The van der Waals surface area contributed by atoms with Crippen LogP contribution in [0.5, 0.6) is 0 Å².